The van der Waals surface area contributed by atoms with E-state index in [0.717, 1.165) is 4.90 Å². The standard InChI is InChI=1S/C22H38O7S/c1-7-17(25-5)18(23)21(27-8-2)29-15(4)20(26-6)19(24)22(28-9-3)30-16-13-11-10-12-14-16/h10-15,17-24H,7-9H2,1-6H3. The van der Waals surface area contributed by atoms with Crippen molar-refractivity contribution in [2.75, 3.05) is 27.4 Å². The number of hydrogen-bond acceptors (Lipinski definition) is 8. The largest absolute Gasteiger partial charge is 0.387 e. The third kappa shape index (κ3) is 8.43. The van der Waals surface area contributed by atoms with Crippen LogP contribution in [0.25, 0.3) is 0 Å². The second-order valence-electron chi connectivity index (χ2n) is 6.78. The van der Waals surface area contributed by atoms with Crippen molar-refractivity contribution in [3.8, 4) is 0 Å². The Morgan fingerprint density at radius 3 is 2.03 bits per heavy atom. The molecule has 174 valence electrons. The van der Waals surface area contributed by atoms with Crippen molar-refractivity contribution in [2.24, 2.45) is 0 Å². The summed E-state index contributed by atoms with van der Waals surface area (Å²) in [6.07, 6.45) is -3.95. The van der Waals surface area contributed by atoms with Crippen molar-refractivity contribution < 1.29 is 33.9 Å². The Bertz CT molecular complexity index is 544. The summed E-state index contributed by atoms with van der Waals surface area (Å²) in [4.78, 5) is 0.979. The SMILES string of the molecule is CCOC(OC(C)C(OC)C(O)C(OCC)Sc1ccccc1)C(O)C(CC)OC. The van der Waals surface area contributed by atoms with E-state index >= 15 is 0 Å². The van der Waals surface area contributed by atoms with E-state index in [2.05, 4.69) is 0 Å². The van der Waals surface area contributed by atoms with Gasteiger partial charge in [0.15, 0.2) is 6.29 Å². The van der Waals surface area contributed by atoms with Crippen molar-refractivity contribution in [1.29, 1.82) is 0 Å². The van der Waals surface area contributed by atoms with Gasteiger partial charge in [-0.15, -0.1) is 0 Å². The maximum absolute atomic E-state index is 11.0. The van der Waals surface area contributed by atoms with Crippen molar-refractivity contribution >= 4 is 11.8 Å². The van der Waals surface area contributed by atoms with Crippen LogP contribution in [-0.2, 0) is 23.7 Å². The van der Waals surface area contributed by atoms with Crippen LogP contribution in [0.1, 0.15) is 34.1 Å². The molecule has 0 saturated carbocycles. The number of benzene rings is 1. The van der Waals surface area contributed by atoms with Crippen molar-refractivity contribution in [1.82, 2.24) is 0 Å². The maximum atomic E-state index is 11.0. The number of ether oxygens (including phenoxy) is 5. The highest BCUT2D eigenvalue weighted by Crippen LogP contribution is 2.29. The van der Waals surface area contributed by atoms with Crippen LogP contribution in [0.2, 0.25) is 0 Å². The summed E-state index contributed by atoms with van der Waals surface area (Å²) in [6, 6.07) is 9.73. The second kappa shape index (κ2) is 15.2. The van der Waals surface area contributed by atoms with Gasteiger partial charge in [-0.25, -0.2) is 0 Å². The molecule has 7 unspecified atom stereocenters. The number of methoxy groups -OCH3 is 2. The Hall–Kier alpha value is -0.710. The molecule has 2 N–H and O–H groups in total. The fourth-order valence-electron chi connectivity index (χ4n) is 3.16. The van der Waals surface area contributed by atoms with Gasteiger partial charge in [0.2, 0.25) is 0 Å². The molecule has 0 aliphatic heterocycles. The van der Waals surface area contributed by atoms with E-state index in [-0.39, 0.29) is 0 Å². The minimum Gasteiger partial charge on any atom is -0.387 e. The van der Waals surface area contributed by atoms with Gasteiger partial charge in [-0.05, 0) is 39.3 Å². The molecule has 1 aromatic rings. The number of aliphatic hydroxyl groups is 2. The lowest BCUT2D eigenvalue weighted by molar-refractivity contribution is -0.253. The molecule has 0 aliphatic carbocycles. The topological polar surface area (TPSA) is 86.6 Å². The Kier molecular flexibility index (Phi) is 13.8. The van der Waals surface area contributed by atoms with Crippen molar-refractivity contribution in [3.05, 3.63) is 30.3 Å². The zero-order valence-corrected chi connectivity index (χ0v) is 19.7. The fraction of sp³-hybridized carbons (Fsp3) is 0.727. The molecule has 0 saturated heterocycles. The molecular formula is C22H38O7S. The number of rotatable bonds is 16. The second-order valence-corrected chi connectivity index (χ2v) is 7.96. The van der Waals surface area contributed by atoms with Gasteiger partial charge in [0, 0.05) is 32.3 Å². The highest BCUT2D eigenvalue weighted by Gasteiger charge is 2.37. The molecule has 0 fully saturated rings. The number of hydrogen-bond donors (Lipinski definition) is 2. The quantitative estimate of drug-likeness (QED) is 0.296. The van der Waals surface area contributed by atoms with Gasteiger partial charge < -0.3 is 33.9 Å². The van der Waals surface area contributed by atoms with E-state index in [4.69, 9.17) is 23.7 Å². The van der Waals surface area contributed by atoms with Gasteiger partial charge in [-0.3, -0.25) is 0 Å². The van der Waals surface area contributed by atoms with Crippen LogP contribution in [0, 0.1) is 0 Å². The maximum Gasteiger partial charge on any atom is 0.186 e. The van der Waals surface area contributed by atoms with Crippen LogP contribution in [0.4, 0.5) is 0 Å². The third-order valence-corrected chi connectivity index (χ3v) is 5.91. The minimum atomic E-state index is -0.974. The highest BCUT2D eigenvalue weighted by atomic mass is 32.2. The molecule has 7 atom stereocenters. The highest BCUT2D eigenvalue weighted by molar-refractivity contribution is 7.99. The Morgan fingerprint density at radius 1 is 0.900 bits per heavy atom. The van der Waals surface area contributed by atoms with Crippen molar-refractivity contribution in [3.63, 3.8) is 0 Å². The normalized spacial score (nSPS) is 18.9. The number of aliphatic hydroxyl groups excluding tert-OH is 2. The Balaban J connectivity index is 2.91. The van der Waals surface area contributed by atoms with Crippen molar-refractivity contribution in [2.45, 2.75) is 81.3 Å². The molecule has 0 spiro atoms. The molecule has 0 amide bonds. The van der Waals surface area contributed by atoms with E-state index in [1.807, 2.05) is 51.1 Å². The van der Waals surface area contributed by atoms with Gasteiger partial charge in [-0.2, -0.15) is 0 Å². The van der Waals surface area contributed by atoms with Crippen LogP contribution in [0.15, 0.2) is 35.2 Å². The first-order valence-electron chi connectivity index (χ1n) is 10.4. The lowest BCUT2D eigenvalue weighted by Gasteiger charge is -2.35. The van der Waals surface area contributed by atoms with Gasteiger partial charge in [0.05, 0.1) is 12.2 Å². The first-order chi connectivity index (χ1) is 14.4. The van der Waals surface area contributed by atoms with Gasteiger partial charge in [0.1, 0.15) is 23.7 Å². The van der Waals surface area contributed by atoms with Crippen LogP contribution in [-0.4, -0.2) is 79.9 Å². The first kappa shape index (κ1) is 27.3. The Labute approximate surface area is 185 Å². The lowest BCUT2D eigenvalue weighted by atomic mass is 10.1. The molecule has 0 bridgehead atoms. The molecule has 7 nitrogen and oxygen atoms in total. The van der Waals surface area contributed by atoms with Gasteiger partial charge >= 0.3 is 0 Å². The summed E-state index contributed by atoms with van der Waals surface area (Å²) in [7, 11) is 3.05. The van der Waals surface area contributed by atoms with E-state index in [1.54, 1.807) is 14.0 Å². The molecule has 1 aromatic carbocycles. The van der Waals surface area contributed by atoms with E-state index in [0.29, 0.717) is 19.6 Å². The average Bonchev–Trinajstić information content (AvgIpc) is 2.75. The zero-order chi connectivity index (χ0) is 22.5. The summed E-state index contributed by atoms with van der Waals surface area (Å²) < 4.78 is 28.3. The van der Waals surface area contributed by atoms with Crippen LogP contribution >= 0.6 is 11.8 Å². The summed E-state index contributed by atoms with van der Waals surface area (Å²) in [5.74, 6) is 0. The summed E-state index contributed by atoms with van der Waals surface area (Å²) in [6.45, 7) is 8.20. The van der Waals surface area contributed by atoms with E-state index in [9.17, 15) is 10.2 Å². The molecule has 30 heavy (non-hydrogen) atoms. The molecular weight excluding hydrogens is 408 g/mol. The van der Waals surface area contributed by atoms with Crippen LogP contribution < -0.4 is 0 Å². The molecule has 1 rings (SSSR count). The van der Waals surface area contributed by atoms with Crippen LogP contribution in [0.5, 0.6) is 0 Å². The van der Waals surface area contributed by atoms with Gasteiger partial charge in [0.25, 0.3) is 0 Å². The summed E-state index contributed by atoms with van der Waals surface area (Å²) >= 11 is 1.42. The van der Waals surface area contributed by atoms with Gasteiger partial charge in [-0.1, -0.05) is 36.9 Å². The molecule has 0 aromatic heterocycles. The predicted octanol–water partition coefficient (Wildman–Crippen LogP) is 3.07. The summed E-state index contributed by atoms with van der Waals surface area (Å²) in [5, 5.41) is 21.7. The molecule has 0 radical (unpaired) electrons. The Morgan fingerprint density at radius 2 is 1.53 bits per heavy atom. The first-order valence-corrected chi connectivity index (χ1v) is 11.3. The third-order valence-electron chi connectivity index (χ3n) is 4.72. The average molecular weight is 447 g/mol. The zero-order valence-electron chi connectivity index (χ0n) is 18.9. The smallest absolute Gasteiger partial charge is 0.186 e. The van der Waals surface area contributed by atoms with E-state index in [1.165, 1.54) is 18.9 Å². The predicted molar refractivity (Wildman–Crippen MR) is 118 cm³/mol. The molecule has 8 heteroatoms. The molecule has 0 aliphatic rings. The van der Waals surface area contributed by atoms with E-state index < -0.39 is 42.2 Å². The van der Waals surface area contributed by atoms with Crippen LogP contribution in [0.3, 0.4) is 0 Å². The lowest BCUT2D eigenvalue weighted by Crippen LogP contribution is -2.49. The minimum absolute atomic E-state index is 0.361. The fourth-order valence-corrected chi connectivity index (χ4v) is 4.24. The molecule has 0 heterocycles. The number of thioether (sulfide) groups is 1. The summed E-state index contributed by atoms with van der Waals surface area (Å²) in [5.41, 5.74) is -0.550. The monoisotopic (exact) mass is 446 g/mol.